The molecular formula is C15H14NO. The Balaban J connectivity index is 2.17. The fourth-order valence-corrected chi connectivity index (χ4v) is 1.56. The van der Waals surface area contributed by atoms with E-state index in [-0.39, 0.29) is 5.91 Å². The molecule has 2 nitrogen and oxygen atoms in total. The molecule has 0 atom stereocenters. The third-order valence-electron chi connectivity index (χ3n) is 2.61. The average molecular weight is 224 g/mol. The number of aryl methyl sites for hydroxylation is 1. The summed E-state index contributed by atoms with van der Waals surface area (Å²) in [5, 5.41) is 2.89. The maximum atomic E-state index is 11.9. The Bertz CT molecular complexity index is 529. The van der Waals surface area contributed by atoms with Crippen LogP contribution >= 0.6 is 0 Å². The number of benzene rings is 2. The molecule has 0 unspecified atom stereocenters. The number of anilines is 1. The van der Waals surface area contributed by atoms with Crippen molar-refractivity contribution in [3.63, 3.8) is 0 Å². The summed E-state index contributed by atoms with van der Waals surface area (Å²) in [5.41, 5.74) is 3.43. The van der Waals surface area contributed by atoms with E-state index in [1.807, 2.05) is 43.3 Å². The summed E-state index contributed by atoms with van der Waals surface area (Å²) in [4.78, 5) is 11.9. The van der Waals surface area contributed by atoms with E-state index in [0.29, 0.717) is 5.56 Å². The van der Waals surface area contributed by atoms with Crippen LogP contribution in [0.15, 0.2) is 48.5 Å². The first-order chi connectivity index (χ1) is 8.16. The average Bonchev–Trinajstić information content (AvgIpc) is 2.33. The van der Waals surface area contributed by atoms with Crippen LogP contribution < -0.4 is 5.32 Å². The highest BCUT2D eigenvalue weighted by Crippen LogP contribution is 2.14. The van der Waals surface area contributed by atoms with Gasteiger partial charge in [-0.15, -0.1) is 0 Å². The van der Waals surface area contributed by atoms with Crippen molar-refractivity contribution in [2.24, 2.45) is 0 Å². The van der Waals surface area contributed by atoms with Gasteiger partial charge in [0.1, 0.15) is 0 Å². The minimum atomic E-state index is -0.0979. The first kappa shape index (κ1) is 11.4. The Labute approximate surface area is 101 Å². The van der Waals surface area contributed by atoms with Gasteiger partial charge in [-0.05, 0) is 43.2 Å². The van der Waals surface area contributed by atoms with Crippen molar-refractivity contribution in [1.29, 1.82) is 0 Å². The van der Waals surface area contributed by atoms with Crippen molar-refractivity contribution in [3.05, 3.63) is 72.1 Å². The van der Waals surface area contributed by atoms with Gasteiger partial charge in [0.15, 0.2) is 0 Å². The Morgan fingerprint density at radius 2 is 1.71 bits per heavy atom. The number of nitrogens with one attached hydrogen (secondary N) is 1. The Hall–Kier alpha value is -2.09. The third kappa shape index (κ3) is 2.72. The standard InChI is InChI=1S/C15H14NO/c1-11-7-9-13(10-8-11)15(17)16-14-6-4-3-5-12(14)2/h3-10H,1H2,2H3,(H,16,17). The number of carbonyl (C=O) groups is 1. The van der Waals surface area contributed by atoms with Crippen LogP contribution in [-0.2, 0) is 0 Å². The molecule has 0 aliphatic rings. The summed E-state index contributed by atoms with van der Waals surface area (Å²) in [6, 6.07) is 14.9. The summed E-state index contributed by atoms with van der Waals surface area (Å²) in [6.45, 7) is 5.75. The van der Waals surface area contributed by atoms with Crippen molar-refractivity contribution in [2.45, 2.75) is 6.92 Å². The monoisotopic (exact) mass is 224 g/mol. The molecular weight excluding hydrogens is 210 g/mol. The van der Waals surface area contributed by atoms with Gasteiger partial charge in [-0.2, -0.15) is 0 Å². The molecule has 1 amide bonds. The van der Waals surface area contributed by atoms with Gasteiger partial charge in [-0.1, -0.05) is 30.3 Å². The largest absolute Gasteiger partial charge is 0.322 e. The number of hydrogen-bond acceptors (Lipinski definition) is 1. The van der Waals surface area contributed by atoms with Gasteiger partial charge in [0.05, 0.1) is 0 Å². The second kappa shape index (κ2) is 4.83. The van der Waals surface area contributed by atoms with Crippen LogP contribution in [0.25, 0.3) is 0 Å². The van der Waals surface area contributed by atoms with Crippen molar-refractivity contribution in [3.8, 4) is 0 Å². The molecule has 0 saturated heterocycles. The van der Waals surface area contributed by atoms with E-state index >= 15 is 0 Å². The van der Waals surface area contributed by atoms with Crippen molar-refractivity contribution < 1.29 is 4.79 Å². The van der Waals surface area contributed by atoms with Crippen LogP contribution in [-0.4, -0.2) is 5.91 Å². The van der Waals surface area contributed by atoms with Crippen LogP contribution in [0.2, 0.25) is 0 Å². The molecule has 0 aromatic heterocycles. The second-order valence-electron chi connectivity index (χ2n) is 3.97. The lowest BCUT2D eigenvalue weighted by molar-refractivity contribution is 0.102. The minimum Gasteiger partial charge on any atom is -0.322 e. The molecule has 2 rings (SSSR count). The maximum absolute atomic E-state index is 11.9. The van der Waals surface area contributed by atoms with Crippen LogP contribution in [0.5, 0.6) is 0 Å². The number of rotatable bonds is 2. The van der Waals surface area contributed by atoms with Crippen LogP contribution in [0.4, 0.5) is 5.69 Å². The predicted molar refractivity (Wildman–Crippen MR) is 70.0 cm³/mol. The molecule has 2 aromatic rings. The van der Waals surface area contributed by atoms with E-state index in [2.05, 4.69) is 12.2 Å². The zero-order valence-electron chi connectivity index (χ0n) is 9.73. The van der Waals surface area contributed by atoms with Crippen molar-refractivity contribution in [2.75, 3.05) is 5.32 Å². The highest BCUT2D eigenvalue weighted by atomic mass is 16.1. The first-order valence-corrected chi connectivity index (χ1v) is 5.46. The third-order valence-corrected chi connectivity index (χ3v) is 2.61. The van der Waals surface area contributed by atoms with Crippen molar-refractivity contribution >= 4 is 11.6 Å². The Morgan fingerprint density at radius 1 is 1.06 bits per heavy atom. The van der Waals surface area contributed by atoms with Gasteiger partial charge >= 0.3 is 0 Å². The van der Waals surface area contributed by atoms with E-state index in [1.54, 1.807) is 12.1 Å². The quantitative estimate of drug-likeness (QED) is 0.832. The van der Waals surface area contributed by atoms with Gasteiger partial charge < -0.3 is 5.32 Å². The number of amides is 1. The maximum Gasteiger partial charge on any atom is 0.255 e. The molecule has 1 N–H and O–H groups in total. The second-order valence-corrected chi connectivity index (χ2v) is 3.97. The van der Waals surface area contributed by atoms with Gasteiger partial charge in [-0.25, -0.2) is 0 Å². The molecule has 17 heavy (non-hydrogen) atoms. The lowest BCUT2D eigenvalue weighted by atomic mass is 10.1. The fraction of sp³-hybridized carbons (Fsp3) is 0.0667. The first-order valence-electron chi connectivity index (χ1n) is 5.46. The van der Waals surface area contributed by atoms with E-state index < -0.39 is 0 Å². The molecule has 0 heterocycles. The summed E-state index contributed by atoms with van der Waals surface area (Å²) >= 11 is 0. The van der Waals surface area contributed by atoms with Crippen molar-refractivity contribution in [1.82, 2.24) is 0 Å². The van der Waals surface area contributed by atoms with Gasteiger partial charge in [0.2, 0.25) is 0 Å². The molecule has 0 fully saturated rings. The van der Waals surface area contributed by atoms with E-state index in [1.165, 1.54) is 0 Å². The number of para-hydroxylation sites is 1. The minimum absolute atomic E-state index is 0.0979. The molecule has 0 spiro atoms. The molecule has 0 aliphatic heterocycles. The summed E-state index contributed by atoms with van der Waals surface area (Å²) in [6.07, 6.45) is 0. The number of carbonyl (C=O) groups excluding carboxylic acids is 1. The van der Waals surface area contributed by atoms with Gasteiger partial charge in [0, 0.05) is 11.3 Å². The molecule has 85 valence electrons. The highest BCUT2D eigenvalue weighted by molar-refractivity contribution is 6.04. The predicted octanol–water partition coefficient (Wildman–Crippen LogP) is 3.43. The number of hydrogen-bond donors (Lipinski definition) is 1. The smallest absolute Gasteiger partial charge is 0.255 e. The summed E-state index contributed by atoms with van der Waals surface area (Å²) < 4.78 is 0. The normalized spacial score (nSPS) is 10.0. The van der Waals surface area contributed by atoms with Gasteiger partial charge in [0.25, 0.3) is 5.91 Å². The van der Waals surface area contributed by atoms with Crippen LogP contribution in [0.3, 0.4) is 0 Å². The molecule has 0 aliphatic carbocycles. The summed E-state index contributed by atoms with van der Waals surface area (Å²) in [7, 11) is 0. The molecule has 0 saturated carbocycles. The summed E-state index contributed by atoms with van der Waals surface area (Å²) in [5.74, 6) is -0.0979. The van der Waals surface area contributed by atoms with Crippen LogP contribution in [0, 0.1) is 13.8 Å². The molecule has 2 aromatic carbocycles. The zero-order valence-corrected chi connectivity index (χ0v) is 9.73. The molecule has 0 bridgehead atoms. The molecule has 2 heteroatoms. The Morgan fingerprint density at radius 3 is 2.35 bits per heavy atom. The van der Waals surface area contributed by atoms with E-state index in [9.17, 15) is 4.79 Å². The zero-order chi connectivity index (χ0) is 12.3. The lowest BCUT2D eigenvalue weighted by Crippen LogP contribution is -2.12. The van der Waals surface area contributed by atoms with Crippen LogP contribution in [0.1, 0.15) is 21.5 Å². The van der Waals surface area contributed by atoms with E-state index in [4.69, 9.17) is 0 Å². The highest BCUT2D eigenvalue weighted by Gasteiger charge is 2.06. The lowest BCUT2D eigenvalue weighted by Gasteiger charge is -2.08. The van der Waals surface area contributed by atoms with E-state index in [0.717, 1.165) is 16.8 Å². The Kier molecular flexibility index (Phi) is 3.24. The molecule has 1 radical (unpaired) electrons. The van der Waals surface area contributed by atoms with Gasteiger partial charge in [-0.3, -0.25) is 4.79 Å². The fourth-order valence-electron chi connectivity index (χ4n) is 1.56. The topological polar surface area (TPSA) is 29.1 Å². The SMILES string of the molecule is [CH2]c1ccc(C(=O)Nc2ccccc2C)cc1.